The van der Waals surface area contributed by atoms with Crippen LogP contribution in [0.2, 0.25) is 0 Å². The lowest BCUT2D eigenvalue weighted by Crippen LogP contribution is -2.27. The Balaban J connectivity index is 2.50. The first kappa shape index (κ1) is 10.5. The van der Waals surface area contributed by atoms with Gasteiger partial charge in [-0.2, -0.15) is 0 Å². The van der Waals surface area contributed by atoms with Crippen LogP contribution in [0.15, 0.2) is 18.3 Å². The molecule has 14 heavy (non-hydrogen) atoms. The van der Waals surface area contributed by atoms with Gasteiger partial charge in [-0.25, -0.2) is 9.78 Å². The Labute approximate surface area is 83.3 Å². The van der Waals surface area contributed by atoms with Gasteiger partial charge >= 0.3 is 6.09 Å². The second kappa shape index (κ2) is 4.09. The van der Waals surface area contributed by atoms with Crippen LogP contribution in [0.4, 0.5) is 10.6 Å². The van der Waals surface area contributed by atoms with E-state index in [1.807, 2.05) is 0 Å². The van der Waals surface area contributed by atoms with E-state index in [2.05, 4.69) is 16.4 Å². The maximum absolute atomic E-state index is 11.2. The minimum Gasteiger partial charge on any atom is -0.444 e. The molecule has 0 aliphatic rings. The highest BCUT2D eigenvalue weighted by Gasteiger charge is 2.16. The summed E-state index contributed by atoms with van der Waals surface area (Å²) in [4.78, 5) is 15.1. The maximum Gasteiger partial charge on any atom is 0.413 e. The zero-order chi connectivity index (χ0) is 10.6. The van der Waals surface area contributed by atoms with Crippen LogP contribution in [-0.4, -0.2) is 16.7 Å². The molecule has 1 radical (unpaired) electrons. The van der Waals surface area contributed by atoms with Crippen molar-refractivity contribution in [3.63, 3.8) is 0 Å². The third-order valence-corrected chi connectivity index (χ3v) is 1.24. The van der Waals surface area contributed by atoms with E-state index in [0.29, 0.717) is 5.82 Å². The highest BCUT2D eigenvalue weighted by Crippen LogP contribution is 2.09. The van der Waals surface area contributed by atoms with Crippen molar-refractivity contribution in [2.24, 2.45) is 0 Å². The summed E-state index contributed by atoms with van der Waals surface area (Å²) >= 11 is 0. The average molecular weight is 193 g/mol. The van der Waals surface area contributed by atoms with E-state index in [9.17, 15) is 4.79 Å². The number of hydrogen-bond acceptors (Lipinski definition) is 3. The Morgan fingerprint density at radius 2 is 2.29 bits per heavy atom. The van der Waals surface area contributed by atoms with Crippen molar-refractivity contribution in [3.05, 3.63) is 24.4 Å². The number of rotatable bonds is 1. The Morgan fingerprint density at radius 1 is 1.57 bits per heavy atom. The van der Waals surface area contributed by atoms with E-state index < -0.39 is 11.7 Å². The van der Waals surface area contributed by atoms with Crippen molar-refractivity contribution < 1.29 is 9.53 Å². The van der Waals surface area contributed by atoms with Crippen LogP contribution in [0, 0.1) is 6.07 Å². The topological polar surface area (TPSA) is 51.2 Å². The molecule has 1 heterocycles. The fourth-order valence-electron chi connectivity index (χ4n) is 0.802. The third-order valence-electron chi connectivity index (χ3n) is 1.24. The highest BCUT2D eigenvalue weighted by atomic mass is 16.6. The van der Waals surface area contributed by atoms with Crippen LogP contribution in [0.3, 0.4) is 0 Å². The van der Waals surface area contributed by atoms with E-state index in [0.717, 1.165) is 0 Å². The summed E-state index contributed by atoms with van der Waals surface area (Å²) in [6.45, 7) is 5.41. The Hall–Kier alpha value is -1.58. The van der Waals surface area contributed by atoms with Crippen LogP contribution in [0.25, 0.3) is 0 Å². The van der Waals surface area contributed by atoms with Crippen molar-refractivity contribution in [2.75, 3.05) is 5.32 Å². The summed E-state index contributed by atoms with van der Waals surface area (Å²) in [6, 6.07) is 6.06. The fourth-order valence-corrected chi connectivity index (χ4v) is 0.802. The molecule has 0 aliphatic heterocycles. The molecule has 0 bridgehead atoms. The van der Waals surface area contributed by atoms with Gasteiger partial charge in [0.05, 0.1) is 0 Å². The zero-order valence-corrected chi connectivity index (χ0v) is 8.50. The molecule has 1 aromatic rings. The normalized spacial score (nSPS) is 10.8. The number of hydrogen-bond donors (Lipinski definition) is 1. The molecule has 1 rings (SSSR count). The van der Waals surface area contributed by atoms with E-state index >= 15 is 0 Å². The van der Waals surface area contributed by atoms with Crippen molar-refractivity contribution >= 4 is 11.9 Å². The predicted molar refractivity (Wildman–Crippen MR) is 52.9 cm³/mol. The van der Waals surface area contributed by atoms with Gasteiger partial charge in [-0.05, 0) is 32.9 Å². The molecule has 0 unspecified atom stereocenters. The second-order valence-corrected chi connectivity index (χ2v) is 3.77. The number of amides is 1. The first-order chi connectivity index (χ1) is 6.47. The molecule has 0 atom stereocenters. The van der Waals surface area contributed by atoms with Crippen LogP contribution in [-0.2, 0) is 4.74 Å². The van der Waals surface area contributed by atoms with Crippen molar-refractivity contribution in [1.82, 2.24) is 4.98 Å². The Kier molecular flexibility index (Phi) is 3.06. The van der Waals surface area contributed by atoms with E-state index in [1.165, 1.54) is 6.20 Å². The highest BCUT2D eigenvalue weighted by molar-refractivity contribution is 5.83. The molecule has 0 spiro atoms. The number of ether oxygens (including phenoxy) is 1. The number of carbonyl (C=O) groups is 1. The van der Waals surface area contributed by atoms with E-state index in [-0.39, 0.29) is 0 Å². The third kappa shape index (κ3) is 3.89. The largest absolute Gasteiger partial charge is 0.444 e. The van der Waals surface area contributed by atoms with Crippen LogP contribution >= 0.6 is 0 Å². The molecular weight excluding hydrogens is 180 g/mol. The molecule has 4 heteroatoms. The molecule has 0 saturated heterocycles. The number of carbonyl (C=O) groups excluding carboxylic acids is 1. The van der Waals surface area contributed by atoms with Gasteiger partial charge in [0.1, 0.15) is 11.4 Å². The summed E-state index contributed by atoms with van der Waals surface area (Å²) in [5.74, 6) is 0.456. The second-order valence-electron chi connectivity index (χ2n) is 3.77. The van der Waals surface area contributed by atoms with Crippen molar-refractivity contribution in [3.8, 4) is 0 Å². The predicted octanol–water partition coefficient (Wildman–Crippen LogP) is 2.23. The molecule has 4 nitrogen and oxygen atoms in total. The number of nitrogens with one attached hydrogen (secondary N) is 1. The maximum atomic E-state index is 11.2. The Bertz CT molecular complexity index is 304. The standard InChI is InChI=1S/C10H13N2O2/c1-10(2,3)14-9(13)12-8-6-4-5-7-11-8/h4,6-7H,1-3H3,(H,11,12,13). The summed E-state index contributed by atoms with van der Waals surface area (Å²) in [7, 11) is 0. The SMILES string of the molecule is CC(C)(C)OC(=O)Nc1cc[c]cn1. The summed E-state index contributed by atoms with van der Waals surface area (Å²) in [6.07, 6.45) is 0.975. The van der Waals surface area contributed by atoms with Gasteiger partial charge in [0.2, 0.25) is 0 Å². The molecule has 0 fully saturated rings. The van der Waals surface area contributed by atoms with Crippen LogP contribution < -0.4 is 5.32 Å². The molecule has 0 aliphatic carbocycles. The van der Waals surface area contributed by atoms with Gasteiger partial charge in [0.15, 0.2) is 0 Å². The summed E-state index contributed by atoms with van der Waals surface area (Å²) in [5.41, 5.74) is -0.495. The van der Waals surface area contributed by atoms with Gasteiger partial charge in [-0.3, -0.25) is 5.32 Å². The smallest absolute Gasteiger partial charge is 0.413 e. The average Bonchev–Trinajstić information content (AvgIpc) is 2.02. The summed E-state index contributed by atoms with van der Waals surface area (Å²) < 4.78 is 5.04. The molecule has 0 saturated carbocycles. The van der Waals surface area contributed by atoms with E-state index in [1.54, 1.807) is 32.9 Å². The molecular formula is C10H13N2O2. The van der Waals surface area contributed by atoms with E-state index in [4.69, 9.17) is 4.74 Å². The molecule has 1 amide bonds. The van der Waals surface area contributed by atoms with Gasteiger partial charge in [0.25, 0.3) is 0 Å². The van der Waals surface area contributed by atoms with Gasteiger partial charge in [-0.1, -0.05) is 0 Å². The fraction of sp³-hybridized carbons (Fsp3) is 0.400. The van der Waals surface area contributed by atoms with Crippen molar-refractivity contribution in [2.45, 2.75) is 26.4 Å². The molecule has 0 aromatic carbocycles. The Morgan fingerprint density at radius 3 is 2.79 bits per heavy atom. The number of pyridine rings is 1. The van der Waals surface area contributed by atoms with Gasteiger partial charge in [0, 0.05) is 12.3 Å². The van der Waals surface area contributed by atoms with Gasteiger partial charge in [-0.15, -0.1) is 0 Å². The first-order valence-electron chi connectivity index (χ1n) is 4.29. The number of aromatic nitrogens is 1. The monoisotopic (exact) mass is 193 g/mol. The first-order valence-corrected chi connectivity index (χ1v) is 4.29. The lowest BCUT2D eigenvalue weighted by molar-refractivity contribution is 0.0635. The molecule has 1 aromatic heterocycles. The number of nitrogens with zero attached hydrogens (tertiary/aromatic N) is 1. The van der Waals surface area contributed by atoms with Crippen molar-refractivity contribution in [1.29, 1.82) is 0 Å². The lowest BCUT2D eigenvalue weighted by atomic mass is 10.2. The van der Waals surface area contributed by atoms with Crippen LogP contribution in [0.5, 0.6) is 0 Å². The van der Waals surface area contributed by atoms with Crippen LogP contribution in [0.1, 0.15) is 20.8 Å². The minimum atomic E-state index is -0.504. The van der Waals surface area contributed by atoms with Gasteiger partial charge < -0.3 is 4.74 Å². The minimum absolute atomic E-state index is 0.456. The zero-order valence-electron chi connectivity index (χ0n) is 8.50. The lowest BCUT2D eigenvalue weighted by Gasteiger charge is -2.19. The molecule has 75 valence electrons. The summed E-state index contributed by atoms with van der Waals surface area (Å²) in [5, 5.41) is 2.51. The quantitative estimate of drug-likeness (QED) is 0.744. The molecule has 1 N–H and O–H groups in total. The number of anilines is 1.